The van der Waals surface area contributed by atoms with E-state index in [0.717, 1.165) is 5.01 Å². The highest BCUT2D eigenvalue weighted by atomic mass is 32.1. The van der Waals surface area contributed by atoms with Crippen LogP contribution >= 0.6 is 11.3 Å². The lowest BCUT2D eigenvalue weighted by molar-refractivity contribution is 0.0946. The van der Waals surface area contributed by atoms with Crippen molar-refractivity contribution in [2.75, 3.05) is 5.73 Å². The third-order valence-corrected chi connectivity index (χ3v) is 2.87. The number of aryl methyl sites for hydroxylation is 1. The molecular formula is C9H11N5OS. The summed E-state index contributed by atoms with van der Waals surface area (Å²) in [6, 6.07) is 0. The summed E-state index contributed by atoms with van der Waals surface area (Å²) in [7, 11) is 0. The summed E-state index contributed by atoms with van der Waals surface area (Å²) in [6.45, 7) is 2.15. The van der Waals surface area contributed by atoms with Crippen LogP contribution in [-0.2, 0) is 6.54 Å². The minimum absolute atomic E-state index is 0.231. The fourth-order valence-electron chi connectivity index (χ4n) is 1.19. The fraction of sp³-hybridized carbons (Fsp3) is 0.222. The Hall–Kier alpha value is -1.89. The molecule has 0 spiro atoms. The van der Waals surface area contributed by atoms with Crippen molar-refractivity contribution in [3.63, 3.8) is 0 Å². The van der Waals surface area contributed by atoms with Gasteiger partial charge in [-0.1, -0.05) is 0 Å². The summed E-state index contributed by atoms with van der Waals surface area (Å²) in [4.78, 5) is 15.7. The van der Waals surface area contributed by atoms with Crippen molar-refractivity contribution in [3.05, 3.63) is 28.0 Å². The lowest BCUT2D eigenvalue weighted by Crippen LogP contribution is -2.24. The van der Waals surface area contributed by atoms with Gasteiger partial charge in [-0.05, 0) is 6.92 Å². The van der Waals surface area contributed by atoms with Crippen LogP contribution in [0.5, 0.6) is 0 Å². The Bertz CT molecular complexity index is 490. The standard InChI is InChI=1S/C9H11N5OS/c1-5-7(10)8(14-13-5)9(15)12-4-6-11-2-3-16-6/h2-3H,4,10H2,1H3,(H,12,15)(H,13,14). The molecule has 0 saturated carbocycles. The van der Waals surface area contributed by atoms with E-state index in [-0.39, 0.29) is 11.6 Å². The van der Waals surface area contributed by atoms with Crippen LogP contribution in [0.15, 0.2) is 11.6 Å². The molecule has 2 aromatic heterocycles. The number of H-pyrrole nitrogens is 1. The van der Waals surface area contributed by atoms with Crippen LogP contribution in [0, 0.1) is 6.92 Å². The summed E-state index contributed by atoms with van der Waals surface area (Å²) < 4.78 is 0. The number of hydrogen-bond donors (Lipinski definition) is 3. The molecule has 1 amide bonds. The van der Waals surface area contributed by atoms with Gasteiger partial charge < -0.3 is 11.1 Å². The lowest BCUT2D eigenvalue weighted by Gasteiger charge is -2.00. The van der Waals surface area contributed by atoms with Crippen LogP contribution in [-0.4, -0.2) is 21.1 Å². The number of carbonyl (C=O) groups excluding carboxylic acids is 1. The van der Waals surface area contributed by atoms with Crippen molar-refractivity contribution in [1.29, 1.82) is 0 Å². The van der Waals surface area contributed by atoms with E-state index in [2.05, 4.69) is 20.5 Å². The highest BCUT2D eigenvalue weighted by molar-refractivity contribution is 7.09. The van der Waals surface area contributed by atoms with Gasteiger partial charge in [0.2, 0.25) is 0 Å². The molecule has 6 nitrogen and oxygen atoms in total. The van der Waals surface area contributed by atoms with E-state index >= 15 is 0 Å². The van der Waals surface area contributed by atoms with Crippen LogP contribution < -0.4 is 11.1 Å². The molecule has 0 radical (unpaired) electrons. The number of nitrogens with two attached hydrogens (primary N) is 1. The second kappa shape index (κ2) is 4.31. The first-order chi connectivity index (χ1) is 7.68. The minimum atomic E-state index is -0.294. The normalized spacial score (nSPS) is 10.3. The van der Waals surface area contributed by atoms with Gasteiger partial charge in [-0.15, -0.1) is 11.3 Å². The van der Waals surface area contributed by atoms with E-state index < -0.39 is 0 Å². The van der Waals surface area contributed by atoms with E-state index in [1.807, 2.05) is 5.38 Å². The number of nitrogens with one attached hydrogen (secondary N) is 2. The van der Waals surface area contributed by atoms with Gasteiger partial charge >= 0.3 is 0 Å². The Morgan fingerprint density at radius 2 is 2.50 bits per heavy atom. The predicted octanol–water partition coefficient (Wildman–Crippen LogP) is 0.687. The van der Waals surface area contributed by atoms with E-state index in [0.29, 0.717) is 17.9 Å². The van der Waals surface area contributed by atoms with Gasteiger partial charge in [0.05, 0.1) is 17.9 Å². The summed E-state index contributed by atoms with van der Waals surface area (Å²) in [5.74, 6) is -0.294. The van der Waals surface area contributed by atoms with Crippen molar-refractivity contribution in [2.45, 2.75) is 13.5 Å². The van der Waals surface area contributed by atoms with Crippen LogP contribution in [0.1, 0.15) is 21.2 Å². The zero-order valence-corrected chi connectivity index (χ0v) is 9.47. The van der Waals surface area contributed by atoms with Gasteiger partial charge in [0.1, 0.15) is 5.01 Å². The Kier molecular flexibility index (Phi) is 2.86. The quantitative estimate of drug-likeness (QED) is 0.731. The van der Waals surface area contributed by atoms with Crippen molar-refractivity contribution in [1.82, 2.24) is 20.5 Å². The Labute approximate surface area is 95.9 Å². The van der Waals surface area contributed by atoms with Gasteiger partial charge in [0.15, 0.2) is 5.69 Å². The Balaban J connectivity index is 2.01. The smallest absolute Gasteiger partial charge is 0.274 e. The maximum Gasteiger partial charge on any atom is 0.274 e. The van der Waals surface area contributed by atoms with Gasteiger partial charge in [-0.25, -0.2) is 4.98 Å². The number of nitrogen functional groups attached to an aromatic ring is 1. The summed E-state index contributed by atoms with van der Waals surface area (Å²) in [5.41, 5.74) is 7.00. The van der Waals surface area contributed by atoms with Crippen LogP contribution in [0.4, 0.5) is 5.69 Å². The molecule has 2 aromatic rings. The Morgan fingerprint density at radius 3 is 3.06 bits per heavy atom. The molecule has 0 aliphatic rings. The molecule has 7 heteroatoms. The third kappa shape index (κ3) is 2.03. The van der Waals surface area contributed by atoms with E-state index in [4.69, 9.17) is 5.73 Å². The highest BCUT2D eigenvalue weighted by Crippen LogP contribution is 2.12. The molecule has 4 N–H and O–H groups in total. The van der Waals surface area contributed by atoms with Crippen LogP contribution in [0.25, 0.3) is 0 Å². The topological polar surface area (TPSA) is 96.7 Å². The molecular weight excluding hydrogens is 226 g/mol. The first-order valence-electron chi connectivity index (χ1n) is 4.65. The molecule has 0 fully saturated rings. The summed E-state index contributed by atoms with van der Waals surface area (Å²) >= 11 is 1.48. The number of anilines is 1. The van der Waals surface area contributed by atoms with Crippen LogP contribution in [0.2, 0.25) is 0 Å². The monoisotopic (exact) mass is 237 g/mol. The number of amides is 1. The number of aromatic nitrogens is 3. The minimum Gasteiger partial charge on any atom is -0.395 e. The molecule has 0 unspecified atom stereocenters. The zero-order chi connectivity index (χ0) is 11.5. The average Bonchev–Trinajstić information content (AvgIpc) is 2.88. The molecule has 0 bridgehead atoms. The molecule has 16 heavy (non-hydrogen) atoms. The zero-order valence-electron chi connectivity index (χ0n) is 8.65. The second-order valence-corrected chi connectivity index (χ2v) is 4.20. The lowest BCUT2D eigenvalue weighted by atomic mass is 10.3. The van der Waals surface area contributed by atoms with Crippen molar-refractivity contribution in [3.8, 4) is 0 Å². The summed E-state index contributed by atoms with van der Waals surface area (Å²) in [6.07, 6.45) is 1.69. The number of carbonyl (C=O) groups is 1. The van der Waals surface area contributed by atoms with E-state index in [1.54, 1.807) is 13.1 Å². The second-order valence-electron chi connectivity index (χ2n) is 3.22. The largest absolute Gasteiger partial charge is 0.395 e. The van der Waals surface area contributed by atoms with Gasteiger partial charge in [-0.2, -0.15) is 5.10 Å². The first kappa shape index (κ1) is 10.6. The molecule has 0 aromatic carbocycles. The van der Waals surface area contributed by atoms with Gasteiger partial charge in [0.25, 0.3) is 5.91 Å². The average molecular weight is 237 g/mol. The number of thiazole rings is 1. The molecule has 0 aliphatic heterocycles. The predicted molar refractivity (Wildman–Crippen MR) is 61.0 cm³/mol. The first-order valence-corrected chi connectivity index (χ1v) is 5.53. The van der Waals surface area contributed by atoms with E-state index in [1.165, 1.54) is 11.3 Å². The maximum atomic E-state index is 11.7. The molecule has 0 saturated heterocycles. The van der Waals surface area contributed by atoms with Crippen LogP contribution in [0.3, 0.4) is 0 Å². The van der Waals surface area contributed by atoms with Crippen molar-refractivity contribution >= 4 is 22.9 Å². The van der Waals surface area contributed by atoms with E-state index in [9.17, 15) is 4.79 Å². The molecule has 0 atom stereocenters. The number of rotatable bonds is 3. The number of nitrogens with zero attached hydrogens (tertiary/aromatic N) is 2. The van der Waals surface area contributed by atoms with Crippen molar-refractivity contribution in [2.24, 2.45) is 0 Å². The fourth-order valence-corrected chi connectivity index (χ4v) is 1.75. The highest BCUT2D eigenvalue weighted by Gasteiger charge is 2.14. The molecule has 2 rings (SSSR count). The van der Waals surface area contributed by atoms with Gasteiger partial charge in [-0.3, -0.25) is 9.89 Å². The number of aromatic amines is 1. The molecule has 0 aliphatic carbocycles. The Morgan fingerprint density at radius 1 is 1.69 bits per heavy atom. The molecule has 2 heterocycles. The van der Waals surface area contributed by atoms with Crippen molar-refractivity contribution < 1.29 is 4.79 Å². The summed E-state index contributed by atoms with van der Waals surface area (Å²) in [5, 5.41) is 11.9. The maximum absolute atomic E-state index is 11.7. The SMILES string of the molecule is Cc1[nH]nc(C(=O)NCc2nccs2)c1N. The third-order valence-electron chi connectivity index (χ3n) is 2.09. The molecule has 84 valence electrons. The van der Waals surface area contributed by atoms with Gasteiger partial charge in [0, 0.05) is 11.6 Å². The number of hydrogen-bond acceptors (Lipinski definition) is 5.